The third kappa shape index (κ3) is 6.05. The quantitative estimate of drug-likeness (QED) is 0.574. The zero-order valence-electron chi connectivity index (χ0n) is 21.9. The number of β-amino-alcohol motifs (C(OH)–C–C–N with tert-alkyl or cyclic N) is 1. The van der Waals surface area contributed by atoms with Gasteiger partial charge in [-0.1, -0.05) is 24.3 Å². The number of aliphatic hydroxyl groups excluding tert-OH is 1. The maximum absolute atomic E-state index is 13.3. The average Bonchev–Trinajstić information content (AvgIpc) is 3.06. The van der Waals surface area contributed by atoms with Crippen LogP contribution in [0.5, 0.6) is 11.5 Å². The minimum atomic E-state index is -0.902. The molecule has 2 aromatic carbocycles. The van der Waals surface area contributed by atoms with Gasteiger partial charge in [-0.25, -0.2) is 4.79 Å². The fourth-order valence-corrected chi connectivity index (χ4v) is 5.80. The molecule has 0 saturated heterocycles. The van der Waals surface area contributed by atoms with Crippen molar-refractivity contribution in [1.29, 1.82) is 0 Å². The Morgan fingerprint density at radius 1 is 1.11 bits per heavy atom. The van der Waals surface area contributed by atoms with Gasteiger partial charge in [0.2, 0.25) is 0 Å². The summed E-state index contributed by atoms with van der Waals surface area (Å²) in [7, 11) is 1.62. The summed E-state index contributed by atoms with van der Waals surface area (Å²) in [6, 6.07) is 13.7. The summed E-state index contributed by atoms with van der Waals surface area (Å²) in [5.41, 5.74) is 3.15. The number of aliphatic hydroxyl groups is 1. The molecule has 0 bridgehead atoms. The highest BCUT2D eigenvalue weighted by molar-refractivity contribution is 5.97. The third-order valence-corrected chi connectivity index (χ3v) is 8.00. The third-order valence-electron chi connectivity index (χ3n) is 8.00. The van der Waals surface area contributed by atoms with Crippen LogP contribution in [0, 0.1) is 0 Å². The summed E-state index contributed by atoms with van der Waals surface area (Å²) < 4.78 is 12.1. The molecule has 3 aliphatic rings. The highest BCUT2D eigenvalue weighted by atomic mass is 16.5. The number of hydrogen-bond donors (Lipinski definition) is 2. The molecule has 1 aliphatic carbocycles. The Kier molecular flexibility index (Phi) is 8.04. The number of benzene rings is 2. The van der Waals surface area contributed by atoms with E-state index in [-0.39, 0.29) is 24.6 Å². The molecule has 38 heavy (non-hydrogen) atoms. The number of carboxylic acid groups (broad SMARTS) is 1. The Morgan fingerprint density at radius 3 is 2.63 bits per heavy atom. The molecule has 0 aromatic heterocycles. The predicted molar refractivity (Wildman–Crippen MR) is 142 cm³/mol. The number of ether oxygens (including phenoxy) is 2. The Bertz CT molecular complexity index is 1150. The van der Waals surface area contributed by atoms with Crippen LogP contribution in [0.15, 0.2) is 42.5 Å². The zero-order chi connectivity index (χ0) is 26.6. The van der Waals surface area contributed by atoms with Crippen molar-refractivity contribution in [3.63, 3.8) is 0 Å². The van der Waals surface area contributed by atoms with E-state index in [9.17, 15) is 19.8 Å². The first-order valence-corrected chi connectivity index (χ1v) is 13.5. The lowest BCUT2D eigenvalue weighted by molar-refractivity contribution is 0.0501. The summed E-state index contributed by atoms with van der Waals surface area (Å²) in [4.78, 5) is 29.8. The second-order valence-electron chi connectivity index (χ2n) is 10.6. The molecule has 0 radical (unpaired) electrons. The van der Waals surface area contributed by atoms with Crippen molar-refractivity contribution in [2.24, 2.45) is 0 Å². The maximum Gasteiger partial charge on any atom is 0.407 e. The molecular weight excluding hydrogens is 486 g/mol. The largest absolute Gasteiger partial charge is 0.491 e. The number of rotatable bonds is 7. The van der Waals surface area contributed by atoms with Crippen molar-refractivity contribution in [3.05, 3.63) is 59.2 Å². The molecule has 2 aromatic rings. The van der Waals surface area contributed by atoms with Gasteiger partial charge in [0.1, 0.15) is 18.1 Å². The van der Waals surface area contributed by atoms with Crippen LogP contribution in [-0.2, 0) is 13.0 Å². The van der Waals surface area contributed by atoms with Gasteiger partial charge in [-0.05, 0) is 55.4 Å². The van der Waals surface area contributed by atoms with Crippen molar-refractivity contribution in [1.82, 2.24) is 14.7 Å². The van der Waals surface area contributed by atoms with Gasteiger partial charge < -0.3 is 29.5 Å². The molecule has 0 unspecified atom stereocenters. The topological polar surface area (TPSA) is 103 Å². The number of amides is 2. The van der Waals surface area contributed by atoms with Crippen molar-refractivity contribution in [2.45, 2.75) is 56.9 Å². The van der Waals surface area contributed by atoms with E-state index in [1.165, 1.54) is 16.0 Å². The van der Waals surface area contributed by atoms with Gasteiger partial charge in [0.05, 0.1) is 24.3 Å². The van der Waals surface area contributed by atoms with Crippen molar-refractivity contribution >= 4 is 12.0 Å². The van der Waals surface area contributed by atoms with Gasteiger partial charge >= 0.3 is 6.09 Å². The van der Waals surface area contributed by atoms with Crippen LogP contribution >= 0.6 is 0 Å². The zero-order valence-corrected chi connectivity index (χ0v) is 21.9. The summed E-state index contributed by atoms with van der Waals surface area (Å²) in [5.74, 6) is 0.992. The van der Waals surface area contributed by atoms with Crippen molar-refractivity contribution < 1.29 is 29.3 Å². The minimum absolute atomic E-state index is 0.00127. The first-order valence-electron chi connectivity index (χ1n) is 13.5. The predicted octanol–water partition coefficient (Wildman–Crippen LogP) is 3.24. The second kappa shape index (κ2) is 11.6. The van der Waals surface area contributed by atoms with Crippen LogP contribution in [-0.4, -0.2) is 95.0 Å². The molecular formula is C29H37N3O6. The SMILES string of the molecule is CN(C(=O)O)C1CCC(Oc2ccc3c(c2)OCCN(C[C@H](O)CN2CCc4ccccc4C2)C3=O)CC1. The monoisotopic (exact) mass is 523 g/mol. The molecule has 2 heterocycles. The van der Waals surface area contributed by atoms with E-state index in [0.29, 0.717) is 36.8 Å². The number of carbonyl (C=O) groups is 2. The van der Waals surface area contributed by atoms with Crippen LogP contribution < -0.4 is 9.47 Å². The van der Waals surface area contributed by atoms with E-state index in [2.05, 4.69) is 23.1 Å². The van der Waals surface area contributed by atoms with Crippen molar-refractivity contribution in [3.8, 4) is 11.5 Å². The summed E-state index contributed by atoms with van der Waals surface area (Å²) in [5, 5.41) is 20.0. The summed E-state index contributed by atoms with van der Waals surface area (Å²) in [6.07, 6.45) is 2.48. The van der Waals surface area contributed by atoms with Gasteiger partial charge in [-0.15, -0.1) is 0 Å². The molecule has 9 nitrogen and oxygen atoms in total. The van der Waals surface area contributed by atoms with E-state index in [0.717, 1.165) is 45.2 Å². The lowest BCUT2D eigenvalue weighted by Crippen LogP contribution is -2.44. The summed E-state index contributed by atoms with van der Waals surface area (Å²) in [6.45, 7) is 3.24. The molecule has 2 aliphatic heterocycles. The van der Waals surface area contributed by atoms with Gasteiger partial charge in [-0.3, -0.25) is 9.69 Å². The average molecular weight is 524 g/mol. The number of nitrogens with zero attached hydrogens (tertiary/aromatic N) is 3. The Hall–Kier alpha value is -3.30. The van der Waals surface area contributed by atoms with Crippen LogP contribution in [0.3, 0.4) is 0 Å². The molecule has 1 fully saturated rings. The molecule has 1 atom stereocenters. The standard InChI is InChI=1S/C29H37N3O6/c1-30(29(35)36)22-6-8-24(9-7-22)38-25-10-11-26-27(16-25)37-15-14-32(28(26)34)19-23(33)18-31-13-12-20-4-2-3-5-21(20)17-31/h2-5,10-11,16,22-24,33H,6-9,12-15,17-19H2,1H3,(H,35,36)/t22?,23-,24?/m1/s1. The Labute approximate surface area is 223 Å². The maximum atomic E-state index is 13.3. The smallest absolute Gasteiger partial charge is 0.407 e. The first kappa shape index (κ1) is 26.3. The Balaban J connectivity index is 1.15. The number of carbonyl (C=O) groups excluding carboxylic acids is 1. The van der Waals surface area contributed by atoms with Crippen LogP contribution in [0.2, 0.25) is 0 Å². The van der Waals surface area contributed by atoms with Crippen LogP contribution in [0.25, 0.3) is 0 Å². The lowest BCUT2D eigenvalue weighted by atomic mass is 9.92. The second-order valence-corrected chi connectivity index (χ2v) is 10.6. The molecule has 1 saturated carbocycles. The van der Waals surface area contributed by atoms with Crippen LogP contribution in [0.1, 0.15) is 47.2 Å². The number of fused-ring (bicyclic) bond motifs is 2. The minimum Gasteiger partial charge on any atom is -0.491 e. The highest BCUT2D eigenvalue weighted by Crippen LogP contribution is 2.31. The molecule has 2 N–H and O–H groups in total. The number of hydrogen-bond acceptors (Lipinski definition) is 6. The van der Waals surface area contributed by atoms with Gasteiger partial charge in [0.15, 0.2) is 0 Å². The van der Waals surface area contributed by atoms with E-state index < -0.39 is 12.2 Å². The fourth-order valence-electron chi connectivity index (χ4n) is 5.80. The first-order chi connectivity index (χ1) is 18.4. The van der Waals surface area contributed by atoms with E-state index >= 15 is 0 Å². The van der Waals surface area contributed by atoms with E-state index in [1.54, 1.807) is 30.1 Å². The highest BCUT2D eigenvalue weighted by Gasteiger charge is 2.29. The molecule has 0 spiro atoms. The Morgan fingerprint density at radius 2 is 1.87 bits per heavy atom. The molecule has 9 heteroatoms. The molecule has 2 amide bonds. The molecule has 204 valence electrons. The van der Waals surface area contributed by atoms with Crippen LogP contribution in [0.4, 0.5) is 4.79 Å². The van der Waals surface area contributed by atoms with Gasteiger partial charge in [0.25, 0.3) is 5.91 Å². The summed E-state index contributed by atoms with van der Waals surface area (Å²) >= 11 is 0. The normalized spacial score (nSPS) is 22.5. The van der Waals surface area contributed by atoms with Gasteiger partial charge in [0, 0.05) is 45.3 Å². The molecule has 5 rings (SSSR count). The fraction of sp³-hybridized carbons (Fsp3) is 0.517. The lowest BCUT2D eigenvalue weighted by Gasteiger charge is -2.33. The van der Waals surface area contributed by atoms with E-state index in [4.69, 9.17) is 9.47 Å². The van der Waals surface area contributed by atoms with E-state index in [1.807, 2.05) is 6.07 Å². The van der Waals surface area contributed by atoms with Crippen molar-refractivity contribution in [2.75, 3.05) is 39.8 Å². The van der Waals surface area contributed by atoms with Gasteiger partial charge in [-0.2, -0.15) is 0 Å².